The van der Waals surface area contributed by atoms with Gasteiger partial charge < -0.3 is 9.47 Å². The van der Waals surface area contributed by atoms with Gasteiger partial charge in [-0.3, -0.25) is 0 Å². The molecule has 2 heteroatoms. The lowest BCUT2D eigenvalue weighted by Gasteiger charge is -2.06. The lowest BCUT2D eigenvalue weighted by molar-refractivity contribution is 0.355. The highest BCUT2D eigenvalue weighted by Gasteiger charge is 2.02. The Kier molecular flexibility index (Phi) is 7.58. The molecule has 0 heterocycles. The minimum absolute atomic E-state index is 0.734. The van der Waals surface area contributed by atoms with E-state index >= 15 is 0 Å². The van der Waals surface area contributed by atoms with Gasteiger partial charge in [-0.25, -0.2) is 0 Å². The quantitative estimate of drug-likeness (QED) is 0.534. The second kappa shape index (κ2) is 9.33. The van der Waals surface area contributed by atoms with Gasteiger partial charge in [0.05, 0.1) is 14.2 Å². The van der Waals surface area contributed by atoms with Gasteiger partial charge in [-0.05, 0) is 24.6 Å². The number of unbranched alkanes of at least 4 members (excludes halogenated alkanes) is 5. The average Bonchev–Trinajstić information content (AvgIpc) is 2.46. The fraction of sp³-hybridized carbons (Fsp3) is 0.529. The van der Waals surface area contributed by atoms with Gasteiger partial charge in [0.15, 0.2) is 11.5 Å². The molecule has 0 aliphatic heterocycles. The number of ether oxygens (including phenoxy) is 2. The number of rotatable bonds is 7. The molecule has 0 aliphatic rings. The van der Waals surface area contributed by atoms with Crippen LogP contribution >= 0.6 is 0 Å². The molecule has 1 rings (SSSR count). The summed E-state index contributed by atoms with van der Waals surface area (Å²) in [6.07, 6.45) is 7.40. The van der Waals surface area contributed by atoms with Crippen molar-refractivity contribution in [2.75, 3.05) is 14.2 Å². The van der Waals surface area contributed by atoms with Crippen molar-refractivity contribution in [3.63, 3.8) is 0 Å². The molecule has 0 unspecified atom stereocenters. The first kappa shape index (κ1) is 15.4. The third kappa shape index (κ3) is 5.70. The van der Waals surface area contributed by atoms with Crippen molar-refractivity contribution < 1.29 is 9.47 Å². The first-order chi connectivity index (χ1) is 9.31. The van der Waals surface area contributed by atoms with Crippen LogP contribution in [-0.2, 0) is 0 Å². The van der Waals surface area contributed by atoms with E-state index in [0.29, 0.717) is 0 Å². The van der Waals surface area contributed by atoms with Crippen LogP contribution in [0, 0.1) is 11.8 Å². The molecule has 0 spiro atoms. The number of hydrogen-bond donors (Lipinski definition) is 0. The summed E-state index contributed by atoms with van der Waals surface area (Å²) >= 11 is 0. The topological polar surface area (TPSA) is 18.5 Å². The predicted molar refractivity (Wildman–Crippen MR) is 79.8 cm³/mol. The van der Waals surface area contributed by atoms with Crippen LogP contribution in [0.4, 0.5) is 0 Å². The largest absolute Gasteiger partial charge is 0.493 e. The molecule has 0 atom stereocenters. The zero-order valence-electron chi connectivity index (χ0n) is 12.3. The zero-order chi connectivity index (χ0) is 13.9. The smallest absolute Gasteiger partial charge is 0.161 e. The van der Waals surface area contributed by atoms with E-state index in [9.17, 15) is 0 Å². The van der Waals surface area contributed by atoms with E-state index in [2.05, 4.69) is 18.8 Å². The molecule has 0 N–H and O–H groups in total. The Bertz CT molecular complexity index is 427. The van der Waals surface area contributed by atoms with Crippen LogP contribution in [0.2, 0.25) is 0 Å². The average molecular weight is 260 g/mol. The second-order valence-corrected chi connectivity index (χ2v) is 4.54. The maximum absolute atomic E-state index is 5.26. The molecule has 0 bridgehead atoms. The Balaban J connectivity index is 2.44. The van der Waals surface area contributed by atoms with E-state index in [1.807, 2.05) is 18.2 Å². The van der Waals surface area contributed by atoms with Crippen molar-refractivity contribution >= 4 is 0 Å². The molecule has 0 amide bonds. The summed E-state index contributed by atoms with van der Waals surface area (Å²) < 4.78 is 10.5. The molecule has 0 aliphatic carbocycles. The van der Waals surface area contributed by atoms with E-state index in [-0.39, 0.29) is 0 Å². The molecular weight excluding hydrogens is 236 g/mol. The SMILES string of the molecule is CCCCCCCC#Cc1ccc(OC)c(OC)c1. The Morgan fingerprint density at radius 3 is 2.37 bits per heavy atom. The van der Waals surface area contributed by atoms with E-state index in [1.165, 1.54) is 32.1 Å². The van der Waals surface area contributed by atoms with Crippen molar-refractivity contribution in [3.05, 3.63) is 23.8 Å². The normalized spacial score (nSPS) is 9.63. The summed E-state index contributed by atoms with van der Waals surface area (Å²) in [5.74, 6) is 7.87. The van der Waals surface area contributed by atoms with Crippen molar-refractivity contribution in [1.82, 2.24) is 0 Å². The molecule has 0 fully saturated rings. The van der Waals surface area contributed by atoms with Gasteiger partial charge in [-0.1, -0.05) is 44.4 Å². The lowest BCUT2D eigenvalue weighted by Crippen LogP contribution is -1.90. The Morgan fingerprint density at radius 1 is 0.947 bits per heavy atom. The van der Waals surface area contributed by atoms with Crippen molar-refractivity contribution in [2.24, 2.45) is 0 Å². The van der Waals surface area contributed by atoms with Crippen LogP contribution in [0.15, 0.2) is 18.2 Å². The molecule has 0 aromatic heterocycles. The fourth-order valence-electron chi connectivity index (χ4n) is 1.90. The van der Waals surface area contributed by atoms with Gasteiger partial charge in [0.1, 0.15) is 0 Å². The molecule has 104 valence electrons. The first-order valence-corrected chi connectivity index (χ1v) is 7.02. The van der Waals surface area contributed by atoms with Crippen molar-refractivity contribution in [2.45, 2.75) is 45.4 Å². The summed E-state index contributed by atoms with van der Waals surface area (Å²) in [6.45, 7) is 2.23. The first-order valence-electron chi connectivity index (χ1n) is 7.02. The molecule has 0 radical (unpaired) electrons. The monoisotopic (exact) mass is 260 g/mol. The number of hydrogen-bond acceptors (Lipinski definition) is 2. The summed E-state index contributed by atoms with van der Waals surface area (Å²) in [5, 5.41) is 0. The Hall–Kier alpha value is -1.62. The van der Waals surface area contributed by atoms with Crippen LogP contribution in [-0.4, -0.2) is 14.2 Å². The van der Waals surface area contributed by atoms with Crippen LogP contribution in [0.5, 0.6) is 11.5 Å². The van der Waals surface area contributed by atoms with E-state index in [1.54, 1.807) is 14.2 Å². The standard InChI is InChI=1S/C17H24O2/c1-4-5-6-7-8-9-10-11-15-12-13-16(18-2)17(14-15)19-3/h12-14H,4-9H2,1-3H3. The highest BCUT2D eigenvalue weighted by molar-refractivity contribution is 5.48. The minimum Gasteiger partial charge on any atom is -0.493 e. The molecule has 0 saturated carbocycles. The number of methoxy groups -OCH3 is 2. The van der Waals surface area contributed by atoms with Crippen LogP contribution in [0.25, 0.3) is 0 Å². The molecule has 0 saturated heterocycles. The highest BCUT2D eigenvalue weighted by atomic mass is 16.5. The van der Waals surface area contributed by atoms with E-state index < -0.39 is 0 Å². The van der Waals surface area contributed by atoms with Gasteiger partial charge in [0, 0.05) is 12.0 Å². The van der Waals surface area contributed by atoms with Crippen LogP contribution < -0.4 is 9.47 Å². The maximum atomic E-state index is 5.26. The third-order valence-electron chi connectivity index (χ3n) is 3.02. The minimum atomic E-state index is 0.734. The lowest BCUT2D eigenvalue weighted by atomic mass is 10.1. The van der Waals surface area contributed by atoms with Crippen LogP contribution in [0.1, 0.15) is 51.0 Å². The molecular formula is C17H24O2. The predicted octanol–water partition coefficient (Wildman–Crippen LogP) is 4.42. The van der Waals surface area contributed by atoms with Gasteiger partial charge in [0.2, 0.25) is 0 Å². The Morgan fingerprint density at radius 2 is 1.68 bits per heavy atom. The van der Waals surface area contributed by atoms with Gasteiger partial charge in [-0.15, -0.1) is 0 Å². The summed E-state index contributed by atoms with van der Waals surface area (Å²) in [4.78, 5) is 0. The number of benzene rings is 1. The molecule has 2 nitrogen and oxygen atoms in total. The van der Waals surface area contributed by atoms with Gasteiger partial charge in [0.25, 0.3) is 0 Å². The maximum Gasteiger partial charge on any atom is 0.161 e. The summed E-state index contributed by atoms with van der Waals surface area (Å²) in [7, 11) is 3.28. The summed E-state index contributed by atoms with van der Waals surface area (Å²) in [5.41, 5.74) is 0.978. The molecule has 1 aromatic carbocycles. The van der Waals surface area contributed by atoms with Crippen molar-refractivity contribution in [3.8, 4) is 23.3 Å². The van der Waals surface area contributed by atoms with Gasteiger partial charge >= 0.3 is 0 Å². The van der Waals surface area contributed by atoms with E-state index in [4.69, 9.17) is 9.47 Å². The van der Waals surface area contributed by atoms with Crippen LogP contribution in [0.3, 0.4) is 0 Å². The second-order valence-electron chi connectivity index (χ2n) is 4.54. The highest BCUT2D eigenvalue weighted by Crippen LogP contribution is 2.27. The third-order valence-corrected chi connectivity index (χ3v) is 3.02. The molecule has 19 heavy (non-hydrogen) atoms. The zero-order valence-corrected chi connectivity index (χ0v) is 12.3. The molecule has 1 aromatic rings. The van der Waals surface area contributed by atoms with E-state index in [0.717, 1.165) is 23.5 Å². The summed E-state index contributed by atoms with van der Waals surface area (Å²) in [6, 6.07) is 5.78. The van der Waals surface area contributed by atoms with Gasteiger partial charge in [-0.2, -0.15) is 0 Å². The van der Waals surface area contributed by atoms with Crippen molar-refractivity contribution in [1.29, 1.82) is 0 Å². The fourth-order valence-corrected chi connectivity index (χ4v) is 1.90. The Labute approximate surface area is 117 Å².